The lowest BCUT2D eigenvalue weighted by Gasteiger charge is -2.28. The Hall–Kier alpha value is -1.31. The van der Waals surface area contributed by atoms with Crippen LogP contribution < -0.4 is 5.32 Å². The number of sulfone groups is 1. The van der Waals surface area contributed by atoms with E-state index >= 15 is 0 Å². The van der Waals surface area contributed by atoms with Gasteiger partial charge in [-0.05, 0) is 19.8 Å². The molecule has 0 bridgehead atoms. The van der Waals surface area contributed by atoms with Gasteiger partial charge < -0.3 is 15.3 Å². The fourth-order valence-corrected chi connectivity index (χ4v) is 3.80. The molecule has 116 valence electrons. The van der Waals surface area contributed by atoms with E-state index in [0.29, 0.717) is 19.4 Å². The van der Waals surface area contributed by atoms with Crippen molar-refractivity contribution in [2.45, 2.75) is 32.7 Å². The number of hydrogen-bond acceptors (Lipinski definition) is 4. The standard InChI is InChI=1S/C12H22N2O5S/c1-3-14(7-9(2)11(15)16)12(17)13-10-5-4-6-20(18,19)8-10/h9-10H,3-8H2,1-2H3,(H,13,17)(H,15,16). The number of urea groups is 1. The first kappa shape index (κ1) is 16.7. The molecule has 0 spiro atoms. The Bertz CT molecular complexity index is 462. The highest BCUT2D eigenvalue weighted by Gasteiger charge is 2.27. The van der Waals surface area contributed by atoms with Crippen molar-refractivity contribution in [2.24, 2.45) is 5.92 Å². The van der Waals surface area contributed by atoms with Crippen LogP contribution in [-0.2, 0) is 14.6 Å². The van der Waals surface area contributed by atoms with Crippen LogP contribution in [0, 0.1) is 5.92 Å². The summed E-state index contributed by atoms with van der Waals surface area (Å²) in [4.78, 5) is 24.2. The van der Waals surface area contributed by atoms with Crippen molar-refractivity contribution >= 4 is 21.8 Å². The van der Waals surface area contributed by atoms with Crippen LogP contribution >= 0.6 is 0 Å². The number of amides is 2. The summed E-state index contributed by atoms with van der Waals surface area (Å²) in [5, 5.41) is 11.5. The lowest BCUT2D eigenvalue weighted by Crippen LogP contribution is -2.50. The summed E-state index contributed by atoms with van der Waals surface area (Å²) in [6, 6.07) is -0.780. The lowest BCUT2D eigenvalue weighted by molar-refractivity contribution is -0.141. The molecule has 0 saturated carbocycles. The minimum absolute atomic E-state index is 0.0369. The summed E-state index contributed by atoms with van der Waals surface area (Å²) in [7, 11) is -3.07. The molecule has 0 aromatic carbocycles. The number of rotatable bonds is 5. The van der Waals surface area contributed by atoms with Crippen LogP contribution in [-0.4, -0.2) is 61.1 Å². The number of carboxylic acids is 1. The molecule has 1 aliphatic heterocycles. The van der Waals surface area contributed by atoms with Crippen LogP contribution in [0.1, 0.15) is 26.7 Å². The predicted octanol–water partition coefficient (Wildman–Crippen LogP) is 0.316. The highest BCUT2D eigenvalue weighted by Crippen LogP contribution is 2.12. The van der Waals surface area contributed by atoms with E-state index in [1.807, 2.05) is 0 Å². The van der Waals surface area contributed by atoms with Crippen LogP contribution in [0.15, 0.2) is 0 Å². The zero-order valence-electron chi connectivity index (χ0n) is 11.8. The number of nitrogens with zero attached hydrogens (tertiary/aromatic N) is 1. The minimum atomic E-state index is -3.07. The van der Waals surface area contributed by atoms with E-state index in [1.54, 1.807) is 6.92 Å². The monoisotopic (exact) mass is 306 g/mol. The van der Waals surface area contributed by atoms with Gasteiger partial charge in [-0.3, -0.25) is 4.79 Å². The lowest BCUT2D eigenvalue weighted by atomic mass is 10.1. The minimum Gasteiger partial charge on any atom is -0.481 e. The SMILES string of the molecule is CCN(CC(C)C(=O)O)C(=O)NC1CCCS(=O)(=O)C1. The van der Waals surface area contributed by atoms with Crippen molar-refractivity contribution < 1.29 is 23.1 Å². The van der Waals surface area contributed by atoms with E-state index in [1.165, 1.54) is 11.8 Å². The van der Waals surface area contributed by atoms with Gasteiger partial charge in [0.1, 0.15) is 0 Å². The Balaban J connectivity index is 2.57. The Morgan fingerprint density at radius 2 is 2.10 bits per heavy atom. The second-order valence-corrected chi connectivity index (χ2v) is 7.41. The van der Waals surface area contributed by atoms with E-state index < -0.39 is 27.8 Å². The second kappa shape index (κ2) is 6.92. The smallest absolute Gasteiger partial charge is 0.317 e. The molecule has 8 heteroatoms. The first-order chi connectivity index (χ1) is 9.25. The molecule has 0 radical (unpaired) electrons. The molecular weight excluding hydrogens is 284 g/mol. The van der Waals surface area contributed by atoms with Gasteiger partial charge in [-0.2, -0.15) is 0 Å². The first-order valence-electron chi connectivity index (χ1n) is 6.74. The maximum atomic E-state index is 12.0. The number of carbonyl (C=O) groups excluding carboxylic acids is 1. The van der Waals surface area contributed by atoms with Crippen LogP contribution in [0.3, 0.4) is 0 Å². The van der Waals surface area contributed by atoms with Crippen LogP contribution in [0.2, 0.25) is 0 Å². The number of hydrogen-bond donors (Lipinski definition) is 2. The number of aliphatic carboxylic acids is 1. The van der Waals surface area contributed by atoms with E-state index in [2.05, 4.69) is 5.32 Å². The third kappa shape index (κ3) is 4.99. The molecule has 2 amide bonds. The quantitative estimate of drug-likeness (QED) is 0.761. The van der Waals surface area contributed by atoms with Gasteiger partial charge in [-0.1, -0.05) is 6.92 Å². The Morgan fingerprint density at radius 3 is 2.60 bits per heavy atom. The van der Waals surface area contributed by atoms with Gasteiger partial charge in [0.2, 0.25) is 0 Å². The highest BCUT2D eigenvalue weighted by atomic mass is 32.2. The normalized spacial score (nSPS) is 22.8. The van der Waals surface area contributed by atoms with Gasteiger partial charge in [0.25, 0.3) is 0 Å². The summed E-state index contributed by atoms with van der Waals surface area (Å²) in [5.41, 5.74) is 0. The van der Waals surface area contributed by atoms with Gasteiger partial charge in [0, 0.05) is 19.1 Å². The second-order valence-electron chi connectivity index (χ2n) is 5.18. The van der Waals surface area contributed by atoms with Gasteiger partial charge in [0.15, 0.2) is 9.84 Å². The molecule has 2 N–H and O–H groups in total. The van der Waals surface area contributed by atoms with Gasteiger partial charge >= 0.3 is 12.0 Å². The molecule has 0 aliphatic carbocycles. The molecular formula is C12H22N2O5S. The molecule has 0 aromatic rings. The third-order valence-corrected chi connectivity index (χ3v) is 5.20. The van der Waals surface area contributed by atoms with Crippen molar-refractivity contribution in [3.8, 4) is 0 Å². The van der Waals surface area contributed by atoms with E-state index in [0.717, 1.165) is 0 Å². The third-order valence-electron chi connectivity index (χ3n) is 3.38. The summed E-state index contributed by atoms with van der Waals surface area (Å²) in [6.07, 6.45) is 1.18. The molecule has 0 aromatic heterocycles. The maximum Gasteiger partial charge on any atom is 0.317 e. The van der Waals surface area contributed by atoms with Crippen molar-refractivity contribution in [1.29, 1.82) is 0 Å². The van der Waals surface area contributed by atoms with Crippen LogP contribution in [0.5, 0.6) is 0 Å². The average Bonchev–Trinajstić information content (AvgIpc) is 2.33. The molecule has 20 heavy (non-hydrogen) atoms. The predicted molar refractivity (Wildman–Crippen MR) is 74.3 cm³/mol. The van der Waals surface area contributed by atoms with Crippen molar-refractivity contribution in [3.05, 3.63) is 0 Å². The van der Waals surface area contributed by atoms with Gasteiger partial charge in [0.05, 0.1) is 17.4 Å². The van der Waals surface area contributed by atoms with E-state index in [9.17, 15) is 18.0 Å². The van der Waals surface area contributed by atoms with Crippen LogP contribution in [0.4, 0.5) is 4.79 Å². The molecule has 1 aliphatic rings. The van der Waals surface area contributed by atoms with E-state index in [4.69, 9.17) is 5.11 Å². The van der Waals surface area contributed by atoms with Crippen molar-refractivity contribution in [3.63, 3.8) is 0 Å². The summed E-state index contributed by atoms with van der Waals surface area (Å²) in [5.74, 6) is -1.48. The Kier molecular flexibility index (Phi) is 5.79. The largest absolute Gasteiger partial charge is 0.481 e. The molecule has 7 nitrogen and oxygen atoms in total. The number of carbonyl (C=O) groups is 2. The van der Waals surface area contributed by atoms with Gasteiger partial charge in [-0.15, -0.1) is 0 Å². The molecule has 1 rings (SSSR count). The van der Waals surface area contributed by atoms with Crippen LogP contribution in [0.25, 0.3) is 0 Å². The molecule has 2 unspecified atom stereocenters. The fourth-order valence-electron chi connectivity index (χ4n) is 2.17. The Labute approximate surface area is 119 Å². The molecule has 2 atom stereocenters. The fraction of sp³-hybridized carbons (Fsp3) is 0.833. The zero-order valence-corrected chi connectivity index (χ0v) is 12.6. The number of nitrogens with one attached hydrogen (secondary N) is 1. The topological polar surface area (TPSA) is 104 Å². The average molecular weight is 306 g/mol. The molecule has 1 heterocycles. The summed E-state index contributed by atoms with van der Waals surface area (Å²) < 4.78 is 23.0. The van der Waals surface area contributed by atoms with Crippen molar-refractivity contribution in [1.82, 2.24) is 10.2 Å². The van der Waals surface area contributed by atoms with Gasteiger partial charge in [-0.25, -0.2) is 13.2 Å². The maximum absolute atomic E-state index is 12.0. The summed E-state index contributed by atoms with van der Waals surface area (Å²) >= 11 is 0. The first-order valence-corrected chi connectivity index (χ1v) is 8.56. The highest BCUT2D eigenvalue weighted by molar-refractivity contribution is 7.91. The molecule has 1 saturated heterocycles. The van der Waals surface area contributed by atoms with E-state index in [-0.39, 0.29) is 24.1 Å². The molecule has 1 fully saturated rings. The summed E-state index contributed by atoms with van der Waals surface area (Å²) in [6.45, 7) is 3.77. The Morgan fingerprint density at radius 1 is 1.45 bits per heavy atom. The number of carboxylic acid groups (broad SMARTS) is 1. The van der Waals surface area contributed by atoms with Crippen molar-refractivity contribution in [2.75, 3.05) is 24.6 Å². The zero-order chi connectivity index (χ0) is 15.3.